The quantitative estimate of drug-likeness (QED) is 0.559. The Kier molecular flexibility index (Phi) is 5.90. The van der Waals surface area contributed by atoms with Crippen molar-refractivity contribution in [1.29, 1.82) is 0 Å². The van der Waals surface area contributed by atoms with Crippen molar-refractivity contribution in [2.24, 2.45) is 0 Å². The van der Waals surface area contributed by atoms with Crippen molar-refractivity contribution in [3.8, 4) is 22.9 Å². The smallest absolute Gasteiger partial charge is 0.232 e. The van der Waals surface area contributed by atoms with Gasteiger partial charge in [-0.15, -0.1) is 0 Å². The summed E-state index contributed by atoms with van der Waals surface area (Å²) >= 11 is 6.23. The summed E-state index contributed by atoms with van der Waals surface area (Å²) in [6.45, 7) is 3.43. The number of rotatable bonds is 7. The zero-order valence-corrected chi connectivity index (χ0v) is 17.6. The number of carbonyl (C=O) groups excluding carboxylic acids is 1. The molecule has 0 saturated carbocycles. The molecule has 156 valence electrons. The number of carbonyl (C=O) groups is 1. The van der Waals surface area contributed by atoms with E-state index in [1.807, 2.05) is 49.4 Å². The van der Waals surface area contributed by atoms with Crippen LogP contribution in [0.2, 0.25) is 5.02 Å². The third kappa shape index (κ3) is 4.11. The molecule has 4 rings (SSSR count). The van der Waals surface area contributed by atoms with E-state index in [1.165, 1.54) is 0 Å². The molecular formula is C22H22ClN3O4. The minimum Gasteiger partial charge on any atom is -0.493 e. The first kappa shape index (κ1) is 20.2. The average molecular weight is 428 g/mol. The second-order valence-electron chi connectivity index (χ2n) is 7.02. The summed E-state index contributed by atoms with van der Waals surface area (Å²) < 4.78 is 16.4. The lowest BCUT2D eigenvalue weighted by atomic mass is 10.1. The van der Waals surface area contributed by atoms with E-state index in [2.05, 4.69) is 10.1 Å². The third-order valence-corrected chi connectivity index (χ3v) is 5.41. The molecule has 0 spiro atoms. The number of aromatic nitrogens is 2. The fourth-order valence-corrected chi connectivity index (χ4v) is 3.72. The first-order chi connectivity index (χ1) is 14.6. The molecule has 0 aliphatic carbocycles. The van der Waals surface area contributed by atoms with Crippen molar-refractivity contribution >= 4 is 17.5 Å². The molecule has 7 nitrogen and oxygen atoms in total. The number of likely N-dealkylation sites (tertiary alicyclic amines) is 1. The van der Waals surface area contributed by atoms with Crippen molar-refractivity contribution in [1.82, 2.24) is 15.0 Å². The van der Waals surface area contributed by atoms with Gasteiger partial charge in [0.2, 0.25) is 17.6 Å². The summed E-state index contributed by atoms with van der Waals surface area (Å²) in [6.07, 6.45) is 0.332. The van der Waals surface area contributed by atoms with E-state index in [4.69, 9.17) is 25.6 Å². The highest BCUT2D eigenvalue weighted by Gasteiger charge is 2.34. The number of nitrogens with zero attached hydrogens (tertiary/aromatic N) is 3. The molecule has 8 heteroatoms. The van der Waals surface area contributed by atoms with Crippen LogP contribution in [-0.2, 0) is 11.3 Å². The van der Waals surface area contributed by atoms with Gasteiger partial charge < -0.3 is 18.9 Å². The van der Waals surface area contributed by atoms with Gasteiger partial charge in [0, 0.05) is 30.1 Å². The maximum atomic E-state index is 12.5. The van der Waals surface area contributed by atoms with Gasteiger partial charge in [-0.1, -0.05) is 35.0 Å². The third-order valence-electron chi connectivity index (χ3n) is 5.05. The second-order valence-corrected chi connectivity index (χ2v) is 7.43. The van der Waals surface area contributed by atoms with Gasteiger partial charge in [-0.3, -0.25) is 4.79 Å². The lowest BCUT2D eigenvalue weighted by Gasteiger charge is -2.16. The number of methoxy groups -OCH3 is 1. The SMILES string of the molecule is CCOc1ccc(-c2noc(C3CC(=O)N(Cc4ccccc4Cl)C3)n2)cc1OC. The molecule has 1 aromatic heterocycles. The largest absolute Gasteiger partial charge is 0.493 e. The van der Waals surface area contributed by atoms with E-state index in [1.54, 1.807) is 12.0 Å². The molecule has 1 aliphatic rings. The zero-order chi connectivity index (χ0) is 21.1. The fraction of sp³-hybridized carbons (Fsp3) is 0.318. The predicted octanol–water partition coefficient (Wildman–Crippen LogP) is 4.31. The van der Waals surface area contributed by atoms with Gasteiger partial charge in [-0.25, -0.2) is 0 Å². The van der Waals surface area contributed by atoms with Crippen LogP contribution in [0.15, 0.2) is 47.0 Å². The van der Waals surface area contributed by atoms with E-state index in [0.717, 1.165) is 11.1 Å². The molecule has 0 bridgehead atoms. The zero-order valence-electron chi connectivity index (χ0n) is 16.8. The van der Waals surface area contributed by atoms with Crippen LogP contribution in [-0.4, -0.2) is 41.2 Å². The van der Waals surface area contributed by atoms with Crippen LogP contribution in [0.1, 0.15) is 30.7 Å². The fourth-order valence-electron chi connectivity index (χ4n) is 3.52. The Morgan fingerprint density at radius 2 is 2.07 bits per heavy atom. The predicted molar refractivity (Wildman–Crippen MR) is 112 cm³/mol. The molecule has 1 aliphatic heterocycles. The Morgan fingerprint density at radius 1 is 1.23 bits per heavy atom. The summed E-state index contributed by atoms with van der Waals surface area (Å²) in [7, 11) is 1.58. The van der Waals surface area contributed by atoms with Crippen molar-refractivity contribution in [2.45, 2.75) is 25.8 Å². The van der Waals surface area contributed by atoms with Gasteiger partial charge in [0.1, 0.15) is 0 Å². The summed E-state index contributed by atoms with van der Waals surface area (Å²) in [4.78, 5) is 18.8. The molecular weight excluding hydrogens is 406 g/mol. The lowest BCUT2D eigenvalue weighted by molar-refractivity contribution is -0.128. The standard InChI is InChI=1S/C22H22ClN3O4/c1-3-29-18-9-8-14(10-19(18)28-2)21-24-22(30-25-21)16-11-20(27)26(13-16)12-15-6-4-5-7-17(15)23/h4-10,16H,3,11-13H2,1-2H3. The monoisotopic (exact) mass is 427 g/mol. The molecule has 1 amide bonds. The van der Waals surface area contributed by atoms with Crippen molar-refractivity contribution < 1.29 is 18.8 Å². The van der Waals surface area contributed by atoms with Gasteiger partial charge in [0.25, 0.3) is 0 Å². The topological polar surface area (TPSA) is 77.7 Å². The van der Waals surface area contributed by atoms with Crippen LogP contribution in [0.3, 0.4) is 0 Å². The Balaban J connectivity index is 1.49. The molecule has 0 radical (unpaired) electrons. The van der Waals surface area contributed by atoms with E-state index in [-0.39, 0.29) is 11.8 Å². The van der Waals surface area contributed by atoms with E-state index in [9.17, 15) is 4.79 Å². The average Bonchev–Trinajstić information content (AvgIpc) is 3.37. The van der Waals surface area contributed by atoms with Crippen molar-refractivity contribution in [3.05, 3.63) is 58.9 Å². The van der Waals surface area contributed by atoms with E-state index in [0.29, 0.717) is 54.4 Å². The number of halogens is 1. The Labute approximate surface area is 179 Å². The second kappa shape index (κ2) is 8.75. The highest BCUT2D eigenvalue weighted by atomic mass is 35.5. The maximum Gasteiger partial charge on any atom is 0.232 e. The molecule has 1 unspecified atom stereocenters. The van der Waals surface area contributed by atoms with Crippen LogP contribution in [0.25, 0.3) is 11.4 Å². The van der Waals surface area contributed by atoms with Crippen molar-refractivity contribution in [2.75, 3.05) is 20.3 Å². The molecule has 3 aromatic rings. The normalized spacial score (nSPS) is 16.2. The van der Waals surface area contributed by atoms with Gasteiger partial charge >= 0.3 is 0 Å². The number of hydrogen-bond acceptors (Lipinski definition) is 6. The summed E-state index contributed by atoms with van der Waals surface area (Å²) in [6, 6.07) is 13.0. The molecule has 1 atom stereocenters. The van der Waals surface area contributed by atoms with E-state index >= 15 is 0 Å². The number of benzene rings is 2. The first-order valence-electron chi connectivity index (χ1n) is 9.75. The number of hydrogen-bond donors (Lipinski definition) is 0. The van der Waals surface area contributed by atoms with Crippen LogP contribution >= 0.6 is 11.6 Å². The first-order valence-corrected chi connectivity index (χ1v) is 10.1. The van der Waals surface area contributed by atoms with Crippen LogP contribution in [0.5, 0.6) is 11.5 Å². The van der Waals surface area contributed by atoms with Gasteiger partial charge in [-0.2, -0.15) is 4.98 Å². The van der Waals surface area contributed by atoms with Crippen molar-refractivity contribution in [3.63, 3.8) is 0 Å². The molecule has 1 saturated heterocycles. The molecule has 0 N–H and O–H groups in total. The van der Waals surface area contributed by atoms with Gasteiger partial charge in [0.15, 0.2) is 11.5 Å². The number of amides is 1. The minimum atomic E-state index is -0.147. The molecule has 2 heterocycles. The van der Waals surface area contributed by atoms with Crippen LogP contribution in [0.4, 0.5) is 0 Å². The van der Waals surface area contributed by atoms with Gasteiger partial charge in [-0.05, 0) is 36.8 Å². The van der Waals surface area contributed by atoms with Crippen LogP contribution in [0, 0.1) is 0 Å². The summed E-state index contributed by atoms with van der Waals surface area (Å²) in [5.74, 6) is 2.05. The Hall–Kier alpha value is -3.06. The Bertz CT molecular complexity index is 1050. The lowest BCUT2D eigenvalue weighted by Crippen LogP contribution is -2.24. The Morgan fingerprint density at radius 3 is 2.83 bits per heavy atom. The number of ether oxygens (including phenoxy) is 2. The highest BCUT2D eigenvalue weighted by Crippen LogP contribution is 2.34. The van der Waals surface area contributed by atoms with Crippen LogP contribution < -0.4 is 9.47 Å². The van der Waals surface area contributed by atoms with Gasteiger partial charge in [0.05, 0.1) is 19.6 Å². The highest BCUT2D eigenvalue weighted by molar-refractivity contribution is 6.31. The molecule has 1 fully saturated rings. The summed E-state index contributed by atoms with van der Waals surface area (Å²) in [5.41, 5.74) is 1.67. The molecule has 30 heavy (non-hydrogen) atoms. The van der Waals surface area contributed by atoms with E-state index < -0.39 is 0 Å². The molecule has 2 aromatic carbocycles. The minimum absolute atomic E-state index is 0.0439. The maximum absolute atomic E-state index is 12.5. The summed E-state index contributed by atoms with van der Waals surface area (Å²) in [5, 5.41) is 4.75.